The maximum absolute atomic E-state index is 8.64. The normalized spacial score (nSPS) is 11.6. The minimum atomic E-state index is 0.0970. The van der Waals surface area contributed by atoms with Crippen LogP contribution in [-0.4, -0.2) is 38.1 Å². The van der Waals surface area contributed by atoms with Crippen LogP contribution in [0.1, 0.15) is 251 Å². The molecule has 0 fully saturated rings. The first-order valence-corrected chi connectivity index (χ1v) is 22.2. The van der Waals surface area contributed by atoms with Crippen LogP contribution in [0.3, 0.4) is 0 Å². The molecule has 0 aromatic carbocycles. The molecule has 0 aromatic heterocycles. The summed E-state index contributed by atoms with van der Waals surface area (Å²) in [6, 6.07) is 0. The lowest BCUT2D eigenvalue weighted by Crippen LogP contribution is -2.07. The van der Waals surface area contributed by atoms with Crippen LogP contribution in [0.5, 0.6) is 0 Å². The van der Waals surface area contributed by atoms with E-state index in [0.29, 0.717) is 19.8 Å². The molecule has 0 aliphatic carbocycles. The maximum Gasteiger partial charge on any atom is 0.0701 e. The van der Waals surface area contributed by atoms with E-state index in [1.165, 1.54) is 244 Å². The predicted molar refractivity (Wildman–Crippen MR) is 210 cm³/mol. The maximum atomic E-state index is 8.64. The first-order chi connectivity index (χ1) is 23.4. The summed E-state index contributed by atoms with van der Waals surface area (Å²) in [5.74, 6) is 0. The van der Waals surface area contributed by atoms with Gasteiger partial charge in [-0.1, -0.05) is 244 Å². The van der Waals surface area contributed by atoms with Crippen molar-refractivity contribution in [3.63, 3.8) is 0 Å². The fourth-order valence-electron chi connectivity index (χ4n) is 7.03. The lowest BCUT2D eigenvalue weighted by molar-refractivity contribution is 0.0321. The standard InChI is InChI=1S/C44H90O3/c1-2-3-4-5-6-7-8-9-10-11-12-13-14-15-16-17-18-19-20-21-22-23-24-25-26-27-28-29-30-31-32-33-34-35-36-37-38-39-41-46-43-44-47-42-40-45/h45H,2-44H2,1H3. The average molecular weight is 667 g/mol. The van der Waals surface area contributed by atoms with Crippen LogP contribution in [0.2, 0.25) is 0 Å². The van der Waals surface area contributed by atoms with Gasteiger partial charge in [0.2, 0.25) is 0 Å². The Bertz CT molecular complexity index is 466. The summed E-state index contributed by atoms with van der Waals surface area (Å²) in [5, 5.41) is 8.64. The Balaban J connectivity index is 3.03. The van der Waals surface area contributed by atoms with Crippen molar-refractivity contribution in [3.8, 4) is 0 Å². The topological polar surface area (TPSA) is 38.7 Å². The molecule has 1 N–H and O–H groups in total. The summed E-state index contributed by atoms with van der Waals surface area (Å²) in [6.07, 6.45) is 55.2. The number of hydrogen-bond donors (Lipinski definition) is 1. The SMILES string of the molecule is CCCCCCCCCCCCCCCCCCCCCCCCCCCCCCCCCCCCCCCCOCCOCCO. The van der Waals surface area contributed by atoms with E-state index in [9.17, 15) is 0 Å². The van der Waals surface area contributed by atoms with Crippen LogP contribution >= 0.6 is 0 Å². The van der Waals surface area contributed by atoms with Gasteiger partial charge in [0.25, 0.3) is 0 Å². The molecule has 284 valence electrons. The summed E-state index contributed by atoms with van der Waals surface area (Å²) < 4.78 is 10.7. The first-order valence-electron chi connectivity index (χ1n) is 22.2. The molecule has 47 heavy (non-hydrogen) atoms. The number of ether oxygens (including phenoxy) is 2. The third-order valence-electron chi connectivity index (χ3n) is 10.2. The Morgan fingerprint density at radius 3 is 0.638 bits per heavy atom. The van der Waals surface area contributed by atoms with Gasteiger partial charge in [0.05, 0.1) is 26.4 Å². The molecule has 0 bridgehead atoms. The van der Waals surface area contributed by atoms with Crippen molar-refractivity contribution >= 4 is 0 Å². The van der Waals surface area contributed by atoms with Gasteiger partial charge in [0.15, 0.2) is 0 Å². The van der Waals surface area contributed by atoms with Crippen LogP contribution in [0.25, 0.3) is 0 Å². The van der Waals surface area contributed by atoms with Crippen molar-refractivity contribution in [2.75, 3.05) is 33.0 Å². The van der Waals surface area contributed by atoms with Gasteiger partial charge >= 0.3 is 0 Å². The minimum absolute atomic E-state index is 0.0970. The molecule has 0 radical (unpaired) electrons. The number of hydrogen-bond acceptors (Lipinski definition) is 3. The van der Waals surface area contributed by atoms with Gasteiger partial charge in [-0.25, -0.2) is 0 Å². The van der Waals surface area contributed by atoms with E-state index in [-0.39, 0.29) is 6.61 Å². The van der Waals surface area contributed by atoms with E-state index >= 15 is 0 Å². The molecule has 3 heteroatoms. The molecule has 0 unspecified atom stereocenters. The fraction of sp³-hybridized carbons (Fsp3) is 1.00. The Kier molecular flexibility index (Phi) is 45.8. The van der Waals surface area contributed by atoms with Crippen molar-refractivity contribution in [3.05, 3.63) is 0 Å². The first kappa shape index (κ1) is 46.9. The van der Waals surface area contributed by atoms with E-state index in [2.05, 4.69) is 6.92 Å². The second kappa shape index (κ2) is 45.9. The summed E-state index contributed by atoms with van der Waals surface area (Å²) in [5.41, 5.74) is 0. The molecule has 3 nitrogen and oxygen atoms in total. The summed E-state index contributed by atoms with van der Waals surface area (Å²) in [6.45, 7) is 4.92. The molecular weight excluding hydrogens is 576 g/mol. The highest BCUT2D eigenvalue weighted by Gasteiger charge is 1.98. The van der Waals surface area contributed by atoms with Gasteiger partial charge in [-0.15, -0.1) is 0 Å². The van der Waals surface area contributed by atoms with Crippen molar-refractivity contribution in [1.82, 2.24) is 0 Å². The van der Waals surface area contributed by atoms with Crippen LogP contribution in [-0.2, 0) is 9.47 Å². The number of aliphatic hydroxyl groups is 1. The minimum Gasteiger partial charge on any atom is -0.394 e. The molecule has 0 aromatic rings. The second-order valence-corrected chi connectivity index (χ2v) is 15.0. The number of aliphatic hydroxyl groups excluding tert-OH is 1. The van der Waals surface area contributed by atoms with Gasteiger partial charge in [0.1, 0.15) is 0 Å². The van der Waals surface area contributed by atoms with Crippen molar-refractivity contribution < 1.29 is 14.6 Å². The Hall–Kier alpha value is -0.120. The van der Waals surface area contributed by atoms with Gasteiger partial charge in [0, 0.05) is 6.61 Å². The molecule has 0 rings (SSSR count). The third kappa shape index (κ3) is 45.9. The smallest absolute Gasteiger partial charge is 0.0701 e. The molecule has 0 saturated carbocycles. The Morgan fingerprint density at radius 1 is 0.234 bits per heavy atom. The molecule has 0 heterocycles. The third-order valence-corrected chi connectivity index (χ3v) is 10.2. The monoisotopic (exact) mass is 667 g/mol. The van der Waals surface area contributed by atoms with Gasteiger partial charge < -0.3 is 14.6 Å². The average Bonchev–Trinajstić information content (AvgIpc) is 3.08. The highest BCUT2D eigenvalue weighted by Crippen LogP contribution is 2.17. The Morgan fingerprint density at radius 2 is 0.426 bits per heavy atom. The summed E-state index contributed by atoms with van der Waals surface area (Å²) in [7, 11) is 0. The van der Waals surface area contributed by atoms with Crippen LogP contribution in [0, 0.1) is 0 Å². The molecule has 0 aliphatic heterocycles. The lowest BCUT2D eigenvalue weighted by Gasteiger charge is -2.05. The Labute approximate surface area is 297 Å². The predicted octanol–water partition coefficient (Wildman–Crippen LogP) is 14.9. The van der Waals surface area contributed by atoms with Crippen molar-refractivity contribution in [1.29, 1.82) is 0 Å². The second-order valence-electron chi connectivity index (χ2n) is 15.0. The van der Waals surface area contributed by atoms with Crippen LogP contribution in [0.15, 0.2) is 0 Å². The van der Waals surface area contributed by atoms with E-state index in [1.54, 1.807) is 0 Å². The zero-order chi connectivity index (χ0) is 33.8. The highest BCUT2D eigenvalue weighted by atomic mass is 16.5. The molecular formula is C44H90O3. The van der Waals surface area contributed by atoms with E-state index in [0.717, 1.165) is 6.61 Å². The lowest BCUT2D eigenvalue weighted by atomic mass is 10.0. The van der Waals surface area contributed by atoms with E-state index in [1.807, 2.05) is 0 Å². The molecule has 0 spiro atoms. The summed E-state index contributed by atoms with van der Waals surface area (Å²) in [4.78, 5) is 0. The van der Waals surface area contributed by atoms with Gasteiger partial charge in [-0.05, 0) is 6.42 Å². The van der Waals surface area contributed by atoms with E-state index < -0.39 is 0 Å². The molecule has 0 atom stereocenters. The van der Waals surface area contributed by atoms with Gasteiger partial charge in [-0.3, -0.25) is 0 Å². The largest absolute Gasteiger partial charge is 0.394 e. The van der Waals surface area contributed by atoms with Crippen LogP contribution in [0.4, 0.5) is 0 Å². The molecule has 0 saturated heterocycles. The highest BCUT2D eigenvalue weighted by molar-refractivity contribution is 4.53. The zero-order valence-corrected chi connectivity index (χ0v) is 32.7. The molecule has 0 amide bonds. The van der Waals surface area contributed by atoms with E-state index in [4.69, 9.17) is 14.6 Å². The van der Waals surface area contributed by atoms with Crippen LogP contribution < -0.4 is 0 Å². The van der Waals surface area contributed by atoms with Gasteiger partial charge in [-0.2, -0.15) is 0 Å². The number of unbranched alkanes of at least 4 members (excludes halogenated alkanes) is 37. The van der Waals surface area contributed by atoms with Crippen molar-refractivity contribution in [2.45, 2.75) is 251 Å². The fourth-order valence-corrected chi connectivity index (χ4v) is 7.03. The van der Waals surface area contributed by atoms with Crippen molar-refractivity contribution in [2.24, 2.45) is 0 Å². The molecule has 0 aliphatic rings. The summed E-state index contributed by atoms with van der Waals surface area (Å²) >= 11 is 0. The quantitative estimate of drug-likeness (QED) is 0.0658. The zero-order valence-electron chi connectivity index (χ0n) is 32.7. The number of rotatable bonds is 44.